The fourth-order valence-corrected chi connectivity index (χ4v) is 3.10. The molecule has 2 amide bonds. The Hall–Kier alpha value is -3.48. The smallest absolute Gasteiger partial charge is 0.259 e. The van der Waals surface area contributed by atoms with E-state index >= 15 is 0 Å². The third-order valence-electron chi connectivity index (χ3n) is 4.32. The Bertz CT molecular complexity index is 938. The van der Waals surface area contributed by atoms with Crippen LogP contribution in [0.5, 0.6) is 0 Å². The van der Waals surface area contributed by atoms with Crippen molar-refractivity contribution in [1.82, 2.24) is 15.2 Å². The van der Waals surface area contributed by atoms with E-state index in [1.165, 1.54) is 0 Å². The van der Waals surface area contributed by atoms with Gasteiger partial charge >= 0.3 is 0 Å². The van der Waals surface area contributed by atoms with Gasteiger partial charge in [0.15, 0.2) is 0 Å². The summed E-state index contributed by atoms with van der Waals surface area (Å²) in [7, 11) is 0. The molecule has 3 aromatic rings. The minimum Gasteiger partial charge on any atom is -0.326 e. The van der Waals surface area contributed by atoms with Gasteiger partial charge in [0.05, 0.1) is 12.0 Å². The maximum atomic E-state index is 12.7. The first-order chi connectivity index (χ1) is 12.7. The summed E-state index contributed by atoms with van der Waals surface area (Å²) in [6, 6.07) is 10.9. The number of pyridine rings is 1. The molecule has 0 bridgehead atoms. The fourth-order valence-electron chi connectivity index (χ4n) is 3.10. The molecule has 0 saturated heterocycles. The van der Waals surface area contributed by atoms with Crippen molar-refractivity contribution in [3.8, 4) is 0 Å². The summed E-state index contributed by atoms with van der Waals surface area (Å²) in [6.45, 7) is 0.620. The predicted octanol–water partition coefficient (Wildman–Crippen LogP) is 2.19. The average molecular weight is 347 g/mol. The molecule has 1 aliphatic heterocycles. The first kappa shape index (κ1) is 16.0. The van der Waals surface area contributed by atoms with Crippen LogP contribution in [0.1, 0.15) is 21.6 Å². The van der Waals surface area contributed by atoms with E-state index < -0.39 is 0 Å². The van der Waals surface area contributed by atoms with Crippen molar-refractivity contribution in [3.05, 3.63) is 71.8 Å². The number of benzene rings is 1. The van der Waals surface area contributed by atoms with Crippen molar-refractivity contribution in [2.75, 3.05) is 16.8 Å². The molecule has 26 heavy (non-hydrogen) atoms. The van der Waals surface area contributed by atoms with E-state index in [0.29, 0.717) is 12.1 Å². The van der Waals surface area contributed by atoms with E-state index in [4.69, 9.17) is 0 Å². The van der Waals surface area contributed by atoms with E-state index in [2.05, 4.69) is 20.5 Å². The fraction of sp³-hybridized carbons (Fsp3) is 0.158. The summed E-state index contributed by atoms with van der Waals surface area (Å²) in [5, 5.41) is 9.49. The van der Waals surface area contributed by atoms with Crippen LogP contribution in [0, 0.1) is 0 Å². The standard InChI is InChI=1S/C19H17N5O2/c25-18(11-16-5-8-21-23-16)22-15-3-4-17-13(10-15)6-9-24(17)19(26)14-2-1-7-20-12-14/h1-5,7-8,10,12H,6,9,11H2,(H,21,23)(H,22,25). The molecule has 0 radical (unpaired) electrons. The zero-order valence-corrected chi connectivity index (χ0v) is 14.0. The van der Waals surface area contributed by atoms with Gasteiger partial charge < -0.3 is 10.2 Å². The van der Waals surface area contributed by atoms with Crippen molar-refractivity contribution >= 4 is 23.2 Å². The molecule has 130 valence electrons. The lowest BCUT2D eigenvalue weighted by atomic mass is 10.1. The van der Waals surface area contributed by atoms with Gasteiger partial charge in [-0.05, 0) is 48.4 Å². The van der Waals surface area contributed by atoms with Gasteiger partial charge in [0, 0.05) is 42.2 Å². The first-order valence-electron chi connectivity index (χ1n) is 8.33. The van der Waals surface area contributed by atoms with Gasteiger partial charge in [-0.15, -0.1) is 0 Å². The number of carbonyl (C=O) groups excluding carboxylic acids is 2. The number of fused-ring (bicyclic) bond motifs is 1. The number of carbonyl (C=O) groups is 2. The number of aromatic amines is 1. The molecule has 1 aromatic carbocycles. The number of nitrogens with one attached hydrogen (secondary N) is 2. The minimum atomic E-state index is -0.115. The quantitative estimate of drug-likeness (QED) is 0.757. The lowest BCUT2D eigenvalue weighted by Crippen LogP contribution is -2.28. The zero-order chi connectivity index (χ0) is 17.9. The number of H-pyrrole nitrogens is 1. The van der Waals surface area contributed by atoms with Crippen molar-refractivity contribution in [2.24, 2.45) is 0 Å². The van der Waals surface area contributed by atoms with E-state index in [0.717, 1.165) is 29.1 Å². The lowest BCUT2D eigenvalue weighted by Gasteiger charge is -2.17. The lowest BCUT2D eigenvalue weighted by molar-refractivity contribution is -0.115. The van der Waals surface area contributed by atoms with Crippen LogP contribution in [0.4, 0.5) is 11.4 Å². The highest BCUT2D eigenvalue weighted by Crippen LogP contribution is 2.31. The molecule has 1 aliphatic rings. The number of aromatic nitrogens is 3. The Labute approximate surface area is 150 Å². The highest BCUT2D eigenvalue weighted by Gasteiger charge is 2.26. The summed E-state index contributed by atoms with van der Waals surface area (Å²) in [5.74, 6) is -0.177. The molecule has 4 rings (SSSR count). The van der Waals surface area contributed by atoms with Gasteiger partial charge in [0.1, 0.15) is 0 Å². The van der Waals surface area contributed by atoms with E-state index in [-0.39, 0.29) is 18.2 Å². The maximum absolute atomic E-state index is 12.7. The molecule has 7 heteroatoms. The van der Waals surface area contributed by atoms with Crippen LogP contribution in [-0.2, 0) is 17.6 Å². The average Bonchev–Trinajstić information content (AvgIpc) is 3.31. The molecule has 0 unspecified atom stereocenters. The van der Waals surface area contributed by atoms with Gasteiger partial charge in [0.25, 0.3) is 5.91 Å². The van der Waals surface area contributed by atoms with Crippen LogP contribution >= 0.6 is 0 Å². The number of nitrogens with zero attached hydrogens (tertiary/aromatic N) is 3. The second kappa shape index (κ2) is 6.79. The molecule has 2 N–H and O–H groups in total. The van der Waals surface area contributed by atoms with E-state index in [1.807, 2.05) is 18.2 Å². The van der Waals surface area contributed by atoms with Crippen LogP contribution in [0.2, 0.25) is 0 Å². The number of anilines is 2. The molecule has 0 aliphatic carbocycles. The first-order valence-corrected chi connectivity index (χ1v) is 8.33. The molecule has 0 saturated carbocycles. The molecule has 0 atom stereocenters. The Balaban J connectivity index is 1.48. The van der Waals surface area contributed by atoms with Crippen molar-refractivity contribution in [2.45, 2.75) is 12.8 Å². The Kier molecular flexibility index (Phi) is 4.18. The largest absolute Gasteiger partial charge is 0.326 e. The monoisotopic (exact) mass is 347 g/mol. The summed E-state index contributed by atoms with van der Waals surface area (Å²) >= 11 is 0. The van der Waals surface area contributed by atoms with Crippen LogP contribution in [-0.4, -0.2) is 33.5 Å². The molecule has 0 fully saturated rings. The topological polar surface area (TPSA) is 91.0 Å². The van der Waals surface area contributed by atoms with Gasteiger partial charge in [-0.1, -0.05) is 0 Å². The Morgan fingerprint density at radius 3 is 2.88 bits per heavy atom. The highest BCUT2D eigenvalue weighted by molar-refractivity contribution is 6.07. The van der Waals surface area contributed by atoms with Crippen molar-refractivity contribution < 1.29 is 9.59 Å². The minimum absolute atomic E-state index is 0.0621. The third kappa shape index (κ3) is 3.19. The summed E-state index contributed by atoms with van der Waals surface area (Å²) < 4.78 is 0. The van der Waals surface area contributed by atoms with Gasteiger partial charge in [-0.25, -0.2) is 0 Å². The van der Waals surface area contributed by atoms with Gasteiger partial charge in [0.2, 0.25) is 5.91 Å². The van der Waals surface area contributed by atoms with Crippen LogP contribution < -0.4 is 10.2 Å². The van der Waals surface area contributed by atoms with Crippen molar-refractivity contribution in [1.29, 1.82) is 0 Å². The molecular weight excluding hydrogens is 330 g/mol. The second-order valence-corrected chi connectivity index (χ2v) is 6.10. The molecule has 7 nitrogen and oxygen atoms in total. The predicted molar refractivity (Wildman–Crippen MR) is 97.0 cm³/mol. The van der Waals surface area contributed by atoms with E-state index in [9.17, 15) is 9.59 Å². The molecule has 2 aromatic heterocycles. The second-order valence-electron chi connectivity index (χ2n) is 6.10. The summed E-state index contributed by atoms with van der Waals surface area (Å²) in [6.07, 6.45) is 5.83. The van der Waals surface area contributed by atoms with Gasteiger partial charge in [-0.2, -0.15) is 5.10 Å². The number of hydrogen-bond donors (Lipinski definition) is 2. The van der Waals surface area contributed by atoms with E-state index in [1.54, 1.807) is 41.7 Å². The number of rotatable bonds is 4. The Morgan fingerprint density at radius 1 is 1.19 bits per heavy atom. The molecular formula is C19H17N5O2. The number of hydrogen-bond acceptors (Lipinski definition) is 4. The van der Waals surface area contributed by atoms with Crippen LogP contribution in [0.3, 0.4) is 0 Å². The summed E-state index contributed by atoms with van der Waals surface area (Å²) in [5.41, 5.74) is 3.98. The van der Waals surface area contributed by atoms with Crippen molar-refractivity contribution in [3.63, 3.8) is 0 Å². The third-order valence-corrected chi connectivity index (χ3v) is 4.32. The number of amides is 2. The Morgan fingerprint density at radius 2 is 2.12 bits per heavy atom. The zero-order valence-electron chi connectivity index (χ0n) is 14.0. The highest BCUT2D eigenvalue weighted by atomic mass is 16.2. The normalized spacial score (nSPS) is 12.7. The SMILES string of the molecule is O=C(Cc1ccn[nH]1)Nc1ccc2c(c1)CCN2C(=O)c1cccnc1. The van der Waals surface area contributed by atoms with Crippen LogP contribution in [0.25, 0.3) is 0 Å². The van der Waals surface area contributed by atoms with Crippen LogP contribution in [0.15, 0.2) is 55.0 Å². The maximum Gasteiger partial charge on any atom is 0.259 e. The summed E-state index contributed by atoms with van der Waals surface area (Å²) in [4.78, 5) is 30.5. The molecule has 3 heterocycles. The van der Waals surface area contributed by atoms with Gasteiger partial charge in [-0.3, -0.25) is 19.7 Å². The molecule has 0 spiro atoms.